The van der Waals surface area contributed by atoms with Crippen molar-refractivity contribution in [2.24, 2.45) is 0 Å². The molecule has 1 aromatic rings. The van der Waals surface area contributed by atoms with E-state index >= 15 is 0 Å². The summed E-state index contributed by atoms with van der Waals surface area (Å²) < 4.78 is 22.5. The predicted octanol–water partition coefficient (Wildman–Crippen LogP) is 1.56. The number of esters is 1. The number of rotatable bonds is 10. The van der Waals surface area contributed by atoms with Gasteiger partial charge in [-0.05, 0) is 25.5 Å². The van der Waals surface area contributed by atoms with Gasteiger partial charge in [-0.25, -0.2) is 9.69 Å². The Balaban J connectivity index is 1.60. The Hall–Kier alpha value is -3.43. The van der Waals surface area contributed by atoms with E-state index in [9.17, 15) is 24.0 Å². The van der Waals surface area contributed by atoms with Crippen LogP contribution in [0.1, 0.15) is 40.4 Å². The fourth-order valence-corrected chi connectivity index (χ4v) is 2.60. The fraction of sp³-hybridized carbons (Fsp3) is 0.450. The van der Waals surface area contributed by atoms with Crippen molar-refractivity contribution in [1.82, 2.24) is 10.2 Å². The molecular weight excluding hydrogens is 396 g/mol. The molecule has 0 unspecified atom stereocenters. The smallest absolute Gasteiger partial charge is 0.412 e. The molecule has 0 atom stereocenters. The third-order valence-electron chi connectivity index (χ3n) is 4.01. The quantitative estimate of drug-likeness (QED) is 0.342. The highest BCUT2D eigenvalue weighted by Gasteiger charge is 2.34. The molecule has 30 heavy (non-hydrogen) atoms. The maximum Gasteiger partial charge on any atom is 0.412 e. The zero-order valence-corrected chi connectivity index (χ0v) is 16.4. The molecule has 0 radical (unpaired) electrons. The number of hydrogen-bond donors (Lipinski definition) is 1. The van der Waals surface area contributed by atoms with Crippen LogP contribution in [0.3, 0.4) is 0 Å². The molecular formula is C20H24N2O8. The molecule has 0 bridgehead atoms. The molecule has 1 saturated heterocycles. The van der Waals surface area contributed by atoms with Gasteiger partial charge in [0.25, 0.3) is 0 Å². The summed E-state index contributed by atoms with van der Waals surface area (Å²) in [5.74, 6) is -1.87. The van der Waals surface area contributed by atoms with Crippen LogP contribution >= 0.6 is 0 Å². The topological polar surface area (TPSA) is 128 Å². The number of imide groups is 3. The van der Waals surface area contributed by atoms with Gasteiger partial charge in [0.05, 0.1) is 19.6 Å². The van der Waals surface area contributed by atoms with E-state index in [1.54, 1.807) is 24.3 Å². The Morgan fingerprint density at radius 1 is 1.10 bits per heavy atom. The lowest BCUT2D eigenvalue weighted by atomic mass is 10.3. The van der Waals surface area contributed by atoms with Crippen molar-refractivity contribution in [2.45, 2.75) is 39.0 Å². The Morgan fingerprint density at radius 2 is 1.80 bits per heavy atom. The normalized spacial score (nSPS) is 13.6. The van der Waals surface area contributed by atoms with Gasteiger partial charge in [-0.1, -0.05) is 12.1 Å². The zero-order valence-electron chi connectivity index (χ0n) is 17.4. The van der Waals surface area contributed by atoms with Crippen LogP contribution in [-0.2, 0) is 23.9 Å². The van der Waals surface area contributed by atoms with Crippen LogP contribution in [0.5, 0.6) is 11.5 Å². The van der Waals surface area contributed by atoms with Gasteiger partial charge in [0.15, 0.2) is 11.5 Å². The van der Waals surface area contributed by atoms with Crippen LogP contribution in [0.2, 0.25) is 0 Å². The summed E-state index contributed by atoms with van der Waals surface area (Å²) in [4.78, 5) is 58.9. The molecule has 1 fully saturated rings. The molecule has 1 aliphatic heterocycles. The summed E-state index contributed by atoms with van der Waals surface area (Å²) in [5, 5.41) is 2.50. The van der Waals surface area contributed by atoms with E-state index in [4.69, 9.17) is 15.6 Å². The number of para-hydroxylation sites is 2. The monoisotopic (exact) mass is 422 g/mol. The standard InChI is InChI=1S/C20H24N2O8/c1-2-28-14-6-3-4-7-15(14)30-20(27)21-12-5-13-29-19(26)11-10-18(25)22-16(23)8-9-17(22)24/h3-4,6-7H,2,5,8-13H2,1H3,(H,21,27)/i1T. The van der Waals surface area contributed by atoms with Gasteiger partial charge in [0, 0.05) is 27.2 Å². The van der Waals surface area contributed by atoms with E-state index in [0.717, 1.165) is 0 Å². The number of hydrogen-bond acceptors (Lipinski definition) is 8. The summed E-state index contributed by atoms with van der Waals surface area (Å²) in [7, 11) is 0. The second-order valence-electron chi connectivity index (χ2n) is 6.20. The molecule has 10 nitrogen and oxygen atoms in total. The van der Waals surface area contributed by atoms with E-state index < -0.39 is 29.8 Å². The third kappa shape index (κ3) is 6.87. The van der Waals surface area contributed by atoms with Gasteiger partial charge in [0.1, 0.15) is 0 Å². The van der Waals surface area contributed by atoms with Gasteiger partial charge in [-0.3, -0.25) is 19.2 Å². The molecule has 2 rings (SSSR count). The van der Waals surface area contributed by atoms with Gasteiger partial charge < -0.3 is 19.5 Å². The fourth-order valence-electron chi connectivity index (χ4n) is 2.60. The number of benzene rings is 1. The number of amides is 4. The minimum atomic E-state index is -0.709. The average molecular weight is 422 g/mol. The third-order valence-corrected chi connectivity index (χ3v) is 4.01. The minimum Gasteiger partial charge on any atom is -0.490 e. The number of likely N-dealkylation sites (tertiary alicyclic amines) is 1. The van der Waals surface area contributed by atoms with Gasteiger partial charge >= 0.3 is 12.1 Å². The number of ether oxygens (including phenoxy) is 3. The van der Waals surface area contributed by atoms with Gasteiger partial charge in [-0.15, -0.1) is 0 Å². The lowest BCUT2D eigenvalue weighted by Gasteiger charge is -2.12. The van der Waals surface area contributed by atoms with Crippen LogP contribution in [0.25, 0.3) is 0 Å². The number of carbonyl (C=O) groups excluding carboxylic acids is 5. The van der Waals surface area contributed by atoms with Crippen molar-refractivity contribution < 1.29 is 39.6 Å². The van der Waals surface area contributed by atoms with Crippen molar-refractivity contribution in [2.75, 3.05) is 19.8 Å². The molecule has 0 aliphatic carbocycles. The molecule has 162 valence electrons. The molecule has 1 aromatic carbocycles. The Bertz CT molecular complexity index is 813. The molecule has 4 amide bonds. The number of carbonyl (C=O) groups is 5. The minimum absolute atomic E-state index is 0.00818. The van der Waals surface area contributed by atoms with Gasteiger partial charge in [-0.2, -0.15) is 0 Å². The van der Waals surface area contributed by atoms with E-state index in [1.807, 2.05) is 0 Å². The van der Waals surface area contributed by atoms with Crippen LogP contribution in [0.4, 0.5) is 4.79 Å². The lowest BCUT2D eigenvalue weighted by Crippen LogP contribution is -2.35. The first-order chi connectivity index (χ1) is 14.9. The molecule has 1 N–H and O–H groups in total. The second-order valence-corrected chi connectivity index (χ2v) is 6.20. The molecule has 1 aliphatic rings. The molecule has 10 heteroatoms. The van der Waals surface area contributed by atoms with Crippen LogP contribution in [0, 0.1) is 0 Å². The highest BCUT2D eigenvalue weighted by molar-refractivity contribution is 6.15. The molecule has 1 heterocycles. The molecule has 0 saturated carbocycles. The number of nitrogens with zero attached hydrogens (tertiary/aromatic N) is 1. The Kier molecular flexibility index (Phi) is 8.19. The van der Waals surface area contributed by atoms with E-state index in [1.165, 1.54) is 0 Å². The van der Waals surface area contributed by atoms with Crippen LogP contribution in [-0.4, -0.2) is 54.4 Å². The van der Waals surface area contributed by atoms with Crippen LogP contribution < -0.4 is 14.8 Å². The van der Waals surface area contributed by atoms with E-state index in [0.29, 0.717) is 17.1 Å². The van der Waals surface area contributed by atoms with Crippen molar-refractivity contribution in [1.29, 1.82) is 0 Å². The first kappa shape index (κ1) is 21.3. The maximum absolute atomic E-state index is 11.9. The molecule has 0 aromatic heterocycles. The average Bonchev–Trinajstić information content (AvgIpc) is 3.09. The highest BCUT2D eigenvalue weighted by Crippen LogP contribution is 2.26. The first-order valence-corrected chi connectivity index (χ1v) is 9.43. The first-order valence-electron chi connectivity index (χ1n) is 10.1. The zero-order chi connectivity index (χ0) is 22.6. The SMILES string of the molecule is [3H]CCOc1ccccc1OC(=O)NCCCOC(=O)CCC(=O)N1C(=O)CCC1=O. The summed E-state index contributed by atoms with van der Waals surface area (Å²) in [5.41, 5.74) is 0. The summed E-state index contributed by atoms with van der Waals surface area (Å²) in [6, 6.07) is 6.58. The maximum atomic E-state index is 11.9. The van der Waals surface area contributed by atoms with E-state index in [2.05, 4.69) is 5.32 Å². The number of nitrogens with one attached hydrogen (secondary N) is 1. The Labute approximate surface area is 174 Å². The highest BCUT2D eigenvalue weighted by atomic mass is 16.6. The van der Waals surface area contributed by atoms with Crippen molar-refractivity contribution in [3.8, 4) is 11.5 Å². The predicted molar refractivity (Wildman–Crippen MR) is 103 cm³/mol. The lowest BCUT2D eigenvalue weighted by molar-refractivity contribution is -0.152. The van der Waals surface area contributed by atoms with Crippen molar-refractivity contribution in [3.05, 3.63) is 24.3 Å². The summed E-state index contributed by atoms with van der Waals surface area (Å²) in [6.07, 6.45) is -0.917. The summed E-state index contributed by atoms with van der Waals surface area (Å²) in [6.45, 7) is 0.432. The van der Waals surface area contributed by atoms with Crippen molar-refractivity contribution >= 4 is 29.8 Å². The van der Waals surface area contributed by atoms with E-state index in [-0.39, 0.29) is 58.1 Å². The van der Waals surface area contributed by atoms with Crippen LogP contribution in [0.15, 0.2) is 24.3 Å². The largest absolute Gasteiger partial charge is 0.490 e. The summed E-state index contributed by atoms with van der Waals surface area (Å²) >= 11 is 0. The second kappa shape index (κ2) is 11.5. The Morgan fingerprint density at radius 3 is 2.50 bits per heavy atom. The van der Waals surface area contributed by atoms with Crippen molar-refractivity contribution in [3.63, 3.8) is 0 Å². The van der Waals surface area contributed by atoms with Gasteiger partial charge in [0.2, 0.25) is 17.7 Å². The molecule has 0 spiro atoms.